The van der Waals surface area contributed by atoms with Gasteiger partial charge >= 0.3 is 5.97 Å². The number of carbonyl (C=O) groups is 3. The number of nitrogens with one attached hydrogen (secondary N) is 2. The highest BCUT2D eigenvalue weighted by Crippen LogP contribution is 2.14. The number of hydrogen-bond donors (Lipinski definition) is 2. The van der Waals surface area contributed by atoms with Gasteiger partial charge in [-0.2, -0.15) is 0 Å². The quantitative estimate of drug-likeness (QED) is 0.728. The third kappa shape index (κ3) is 5.89. The molecule has 2 rings (SSSR count). The molecule has 0 fully saturated rings. The van der Waals surface area contributed by atoms with E-state index >= 15 is 0 Å². The van der Waals surface area contributed by atoms with Crippen molar-refractivity contribution in [1.29, 1.82) is 0 Å². The van der Waals surface area contributed by atoms with E-state index in [2.05, 4.69) is 10.6 Å². The minimum Gasteiger partial charge on any atom is -0.454 e. The number of benzene rings is 2. The van der Waals surface area contributed by atoms with E-state index in [1.807, 2.05) is 12.1 Å². The molecule has 7 heteroatoms. The Labute approximate surface area is 156 Å². The molecular weight excluding hydrogens is 356 g/mol. The van der Waals surface area contributed by atoms with Crippen LogP contribution < -0.4 is 10.6 Å². The lowest BCUT2D eigenvalue weighted by Gasteiger charge is -2.09. The predicted octanol–water partition coefficient (Wildman–Crippen LogP) is 2.24. The van der Waals surface area contributed by atoms with Gasteiger partial charge in [0, 0.05) is 17.1 Å². The van der Waals surface area contributed by atoms with Crippen molar-refractivity contribution < 1.29 is 19.1 Å². The maximum Gasteiger partial charge on any atom is 0.325 e. The lowest BCUT2D eigenvalue weighted by atomic mass is 10.1. The molecule has 136 valence electrons. The molecule has 0 aromatic heterocycles. The predicted molar refractivity (Wildman–Crippen MR) is 97.8 cm³/mol. The number of carbonyl (C=O) groups excluding carboxylic acids is 3. The summed E-state index contributed by atoms with van der Waals surface area (Å²) in [5, 5.41) is 5.62. The van der Waals surface area contributed by atoms with Gasteiger partial charge in [0.2, 0.25) is 0 Å². The molecule has 2 aromatic rings. The zero-order chi connectivity index (χ0) is 18.9. The fraction of sp³-hybridized carbons (Fsp3) is 0.211. The lowest BCUT2D eigenvalue weighted by Crippen LogP contribution is -2.34. The highest BCUT2D eigenvalue weighted by molar-refractivity contribution is 6.31. The van der Waals surface area contributed by atoms with Crippen molar-refractivity contribution >= 4 is 29.4 Å². The Morgan fingerprint density at radius 3 is 2.42 bits per heavy atom. The van der Waals surface area contributed by atoms with Crippen LogP contribution in [0.5, 0.6) is 0 Å². The number of ether oxygens (including phenoxy) is 1. The molecule has 0 aliphatic carbocycles. The maximum absolute atomic E-state index is 12.0. The van der Waals surface area contributed by atoms with E-state index in [0.717, 1.165) is 11.1 Å². The van der Waals surface area contributed by atoms with Gasteiger partial charge in [-0.25, -0.2) is 0 Å². The summed E-state index contributed by atoms with van der Waals surface area (Å²) in [4.78, 5) is 35.4. The largest absolute Gasteiger partial charge is 0.454 e. The van der Waals surface area contributed by atoms with Gasteiger partial charge in [-0.15, -0.1) is 0 Å². The van der Waals surface area contributed by atoms with Crippen LogP contribution in [0, 0.1) is 6.92 Å². The van der Waals surface area contributed by atoms with E-state index in [1.165, 1.54) is 0 Å². The Balaban J connectivity index is 1.70. The SMILES string of the molecule is Cc1ccccc1C(=O)NCC(=O)OCC(=O)NCc1ccccc1Cl. The first-order chi connectivity index (χ1) is 12.5. The van der Waals surface area contributed by atoms with Crippen LogP contribution >= 0.6 is 11.6 Å². The molecule has 0 aliphatic heterocycles. The van der Waals surface area contributed by atoms with Gasteiger partial charge in [-0.3, -0.25) is 14.4 Å². The summed E-state index contributed by atoms with van der Waals surface area (Å²) in [6.45, 7) is 1.30. The summed E-state index contributed by atoms with van der Waals surface area (Å²) in [6.07, 6.45) is 0. The van der Waals surface area contributed by atoms with Gasteiger partial charge in [-0.05, 0) is 30.2 Å². The van der Waals surface area contributed by atoms with Crippen molar-refractivity contribution in [1.82, 2.24) is 10.6 Å². The lowest BCUT2D eigenvalue weighted by molar-refractivity contribution is -0.147. The van der Waals surface area contributed by atoms with Crippen molar-refractivity contribution in [3.63, 3.8) is 0 Å². The van der Waals surface area contributed by atoms with Crippen LogP contribution in [0.2, 0.25) is 5.02 Å². The molecule has 6 nitrogen and oxygen atoms in total. The van der Waals surface area contributed by atoms with Crippen LogP contribution in [0.25, 0.3) is 0 Å². The smallest absolute Gasteiger partial charge is 0.325 e. The standard InChI is InChI=1S/C19H19ClN2O4/c1-13-6-2-4-8-15(13)19(25)22-11-18(24)26-12-17(23)21-10-14-7-3-5-9-16(14)20/h2-9H,10-12H2,1H3,(H,21,23)(H,22,25). The van der Waals surface area contributed by atoms with Crippen LogP contribution in [-0.4, -0.2) is 30.9 Å². The molecule has 0 heterocycles. The molecule has 2 amide bonds. The Bertz CT molecular complexity index is 808. The number of aryl methyl sites for hydroxylation is 1. The first-order valence-corrected chi connectivity index (χ1v) is 8.34. The molecule has 0 unspecified atom stereocenters. The van der Waals surface area contributed by atoms with E-state index < -0.39 is 18.5 Å². The average Bonchev–Trinajstić information content (AvgIpc) is 2.64. The van der Waals surface area contributed by atoms with Crippen LogP contribution in [0.1, 0.15) is 21.5 Å². The second kappa shape index (κ2) is 9.58. The maximum atomic E-state index is 12.0. The van der Waals surface area contributed by atoms with Gasteiger partial charge in [0.25, 0.3) is 11.8 Å². The fourth-order valence-electron chi connectivity index (χ4n) is 2.16. The van der Waals surface area contributed by atoms with Gasteiger partial charge in [0.15, 0.2) is 6.61 Å². The second-order valence-corrected chi connectivity index (χ2v) is 5.93. The number of halogens is 1. The first-order valence-electron chi connectivity index (χ1n) is 7.97. The van der Waals surface area contributed by atoms with E-state index in [1.54, 1.807) is 43.3 Å². The van der Waals surface area contributed by atoms with Crippen LogP contribution in [0.15, 0.2) is 48.5 Å². The van der Waals surface area contributed by atoms with Crippen LogP contribution in [0.3, 0.4) is 0 Å². The number of rotatable bonds is 7. The second-order valence-electron chi connectivity index (χ2n) is 5.53. The molecule has 0 spiro atoms. The molecule has 0 radical (unpaired) electrons. The highest BCUT2D eigenvalue weighted by Gasteiger charge is 2.12. The van der Waals surface area contributed by atoms with E-state index in [4.69, 9.17) is 16.3 Å². The molecule has 2 N–H and O–H groups in total. The average molecular weight is 375 g/mol. The van der Waals surface area contributed by atoms with Crippen molar-refractivity contribution in [3.05, 3.63) is 70.2 Å². The van der Waals surface area contributed by atoms with E-state index in [9.17, 15) is 14.4 Å². The van der Waals surface area contributed by atoms with Gasteiger partial charge in [0.05, 0.1) is 0 Å². The molecule has 26 heavy (non-hydrogen) atoms. The topological polar surface area (TPSA) is 84.5 Å². The summed E-state index contributed by atoms with van der Waals surface area (Å²) in [5.41, 5.74) is 2.05. The normalized spacial score (nSPS) is 10.1. The van der Waals surface area contributed by atoms with Crippen molar-refractivity contribution in [2.24, 2.45) is 0 Å². The van der Waals surface area contributed by atoms with Gasteiger partial charge in [-0.1, -0.05) is 48.0 Å². The van der Waals surface area contributed by atoms with Crippen molar-refractivity contribution in [3.8, 4) is 0 Å². The Morgan fingerprint density at radius 1 is 1.00 bits per heavy atom. The zero-order valence-electron chi connectivity index (χ0n) is 14.3. The molecule has 0 saturated heterocycles. The van der Waals surface area contributed by atoms with Gasteiger partial charge < -0.3 is 15.4 Å². The summed E-state index contributed by atoms with van der Waals surface area (Å²) in [7, 11) is 0. The summed E-state index contributed by atoms with van der Waals surface area (Å²) in [5.74, 6) is -1.52. The Hall–Kier alpha value is -2.86. The number of esters is 1. The molecule has 2 aromatic carbocycles. The Kier molecular flexibility index (Phi) is 7.17. The Morgan fingerprint density at radius 2 is 1.69 bits per heavy atom. The van der Waals surface area contributed by atoms with Crippen LogP contribution in [-0.2, 0) is 20.9 Å². The third-order valence-electron chi connectivity index (χ3n) is 3.58. The minimum atomic E-state index is -0.695. The van der Waals surface area contributed by atoms with E-state index in [0.29, 0.717) is 10.6 Å². The first kappa shape index (κ1) is 19.5. The van der Waals surface area contributed by atoms with Crippen LogP contribution in [0.4, 0.5) is 0 Å². The zero-order valence-corrected chi connectivity index (χ0v) is 15.0. The monoisotopic (exact) mass is 374 g/mol. The molecule has 0 saturated carbocycles. The molecule has 0 atom stereocenters. The molecule has 0 bridgehead atoms. The van der Waals surface area contributed by atoms with Gasteiger partial charge in [0.1, 0.15) is 6.54 Å². The van der Waals surface area contributed by atoms with E-state index in [-0.39, 0.29) is 19.0 Å². The minimum absolute atomic E-state index is 0.236. The summed E-state index contributed by atoms with van der Waals surface area (Å²) < 4.78 is 4.84. The van der Waals surface area contributed by atoms with Crippen molar-refractivity contribution in [2.45, 2.75) is 13.5 Å². The summed E-state index contributed by atoms with van der Waals surface area (Å²) >= 11 is 5.99. The third-order valence-corrected chi connectivity index (χ3v) is 3.95. The number of amides is 2. The summed E-state index contributed by atoms with van der Waals surface area (Å²) in [6, 6.07) is 14.1. The van der Waals surface area contributed by atoms with Crippen molar-refractivity contribution in [2.75, 3.05) is 13.2 Å². The molecule has 0 aliphatic rings. The molecular formula is C19H19ClN2O4. The highest BCUT2D eigenvalue weighted by atomic mass is 35.5. The fourth-order valence-corrected chi connectivity index (χ4v) is 2.36. The number of hydrogen-bond acceptors (Lipinski definition) is 4.